The van der Waals surface area contributed by atoms with Crippen molar-refractivity contribution in [1.82, 2.24) is 5.32 Å². The highest BCUT2D eigenvalue weighted by atomic mass is 32.2. The molecule has 0 saturated carbocycles. The molecule has 1 aliphatic carbocycles. The van der Waals surface area contributed by atoms with Gasteiger partial charge < -0.3 is 10.1 Å². The molecule has 1 amide bonds. The van der Waals surface area contributed by atoms with Gasteiger partial charge in [-0.3, -0.25) is 0 Å². The third kappa shape index (κ3) is 5.20. The molecule has 0 saturated heterocycles. The molecular formula is C24H27NO6S2. The molecule has 0 radical (unpaired) electrons. The van der Waals surface area contributed by atoms with Gasteiger partial charge in [0.15, 0.2) is 19.7 Å². The molecule has 0 bridgehead atoms. The van der Waals surface area contributed by atoms with Gasteiger partial charge in [0.2, 0.25) is 0 Å². The van der Waals surface area contributed by atoms with Crippen LogP contribution >= 0.6 is 0 Å². The SMILES string of the molecule is C=CCOC(=O)N[C@@H]1C=C[C@H](CC)[C@@H](S(=O)(=O)c2ccccc2)[C@@H]1S(=O)(=O)c1ccccc1. The lowest BCUT2D eigenvalue weighted by Gasteiger charge is -2.38. The van der Waals surface area contributed by atoms with Gasteiger partial charge in [-0.05, 0) is 36.6 Å². The molecule has 3 rings (SSSR count). The van der Waals surface area contributed by atoms with E-state index in [-0.39, 0.29) is 16.4 Å². The van der Waals surface area contributed by atoms with Crippen LogP contribution in [-0.4, -0.2) is 46.1 Å². The molecule has 4 atom stereocenters. The summed E-state index contributed by atoms with van der Waals surface area (Å²) in [6, 6.07) is 14.3. The standard InChI is InChI=1S/C24H27NO6S2/c1-3-17-31-24(26)25-21-16-15-18(4-2)22(32(27,28)19-11-7-5-8-12-19)23(21)33(29,30)20-13-9-6-10-14-20/h3,5-16,18,21-23H,1,4,17H2,2H3,(H,25,26)/t18-,21+,22+,23+/m0/s1. The fourth-order valence-electron chi connectivity index (χ4n) is 4.05. The Balaban J connectivity index is 2.18. The summed E-state index contributed by atoms with van der Waals surface area (Å²) >= 11 is 0. The second kappa shape index (κ2) is 10.4. The van der Waals surface area contributed by atoms with Crippen molar-refractivity contribution in [2.75, 3.05) is 6.61 Å². The molecule has 176 valence electrons. The third-order valence-electron chi connectivity index (χ3n) is 5.61. The molecule has 0 fully saturated rings. The van der Waals surface area contributed by atoms with Crippen LogP contribution in [0.1, 0.15) is 13.3 Å². The predicted molar refractivity (Wildman–Crippen MR) is 126 cm³/mol. The molecule has 0 aromatic heterocycles. The number of benzene rings is 2. The average Bonchev–Trinajstić information content (AvgIpc) is 2.83. The Morgan fingerprint density at radius 1 is 0.909 bits per heavy atom. The zero-order valence-electron chi connectivity index (χ0n) is 18.2. The van der Waals surface area contributed by atoms with Gasteiger partial charge in [0.1, 0.15) is 11.9 Å². The quantitative estimate of drug-likeness (QED) is 0.569. The highest BCUT2D eigenvalue weighted by Gasteiger charge is 2.51. The van der Waals surface area contributed by atoms with Crippen molar-refractivity contribution in [2.45, 2.75) is 39.7 Å². The summed E-state index contributed by atoms with van der Waals surface area (Å²) in [5.74, 6) is -0.569. The van der Waals surface area contributed by atoms with Crippen molar-refractivity contribution in [3.05, 3.63) is 85.5 Å². The summed E-state index contributed by atoms with van der Waals surface area (Å²) < 4.78 is 60.2. The third-order valence-corrected chi connectivity index (χ3v) is 10.3. The number of carbonyl (C=O) groups excluding carboxylic acids is 1. The number of allylic oxidation sites excluding steroid dienone is 1. The van der Waals surface area contributed by atoms with Crippen molar-refractivity contribution in [1.29, 1.82) is 0 Å². The van der Waals surface area contributed by atoms with E-state index < -0.39 is 48.2 Å². The van der Waals surface area contributed by atoms with E-state index in [1.54, 1.807) is 55.5 Å². The maximum absolute atomic E-state index is 13.8. The zero-order chi connectivity index (χ0) is 24.1. The van der Waals surface area contributed by atoms with E-state index in [2.05, 4.69) is 11.9 Å². The first-order valence-corrected chi connectivity index (χ1v) is 13.6. The Bertz CT molecular complexity index is 1210. The topological polar surface area (TPSA) is 107 Å². The van der Waals surface area contributed by atoms with Gasteiger partial charge in [0.05, 0.1) is 21.1 Å². The molecule has 2 aromatic rings. The lowest BCUT2D eigenvalue weighted by Crippen LogP contribution is -2.57. The van der Waals surface area contributed by atoms with E-state index in [0.717, 1.165) is 0 Å². The van der Waals surface area contributed by atoms with Crippen molar-refractivity contribution in [3.8, 4) is 0 Å². The van der Waals surface area contributed by atoms with Crippen LogP contribution in [0.4, 0.5) is 4.79 Å². The van der Waals surface area contributed by atoms with E-state index in [0.29, 0.717) is 6.42 Å². The number of rotatable bonds is 8. The van der Waals surface area contributed by atoms with E-state index in [4.69, 9.17) is 4.74 Å². The molecule has 0 heterocycles. The predicted octanol–water partition coefficient (Wildman–Crippen LogP) is 3.55. The van der Waals surface area contributed by atoms with Crippen LogP contribution in [0.15, 0.2) is 95.3 Å². The second-order valence-electron chi connectivity index (χ2n) is 7.66. The van der Waals surface area contributed by atoms with Gasteiger partial charge in [-0.2, -0.15) is 0 Å². The molecule has 33 heavy (non-hydrogen) atoms. The van der Waals surface area contributed by atoms with Crippen LogP contribution < -0.4 is 5.32 Å². The summed E-state index contributed by atoms with van der Waals surface area (Å²) in [4.78, 5) is 12.3. The number of nitrogens with one attached hydrogen (secondary N) is 1. The monoisotopic (exact) mass is 489 g/mol. The zero-order valence-corrected chi connectivity index (χ0v) is 19.8. The minimum Gasteiger partial charge on any atom is -0.445 e. The minimum atomic E-state index is -4.18. The number of carbonyl (C=O) groups is 1. The Kier molecular flexibility index (Phi) is 7.76. The fraction of sp³-hybridized carbons (Fsp3) is 0.292. The van der Waals surface area contributed by atoms with Crippen LogP contribution in [0.2, 0.25) is 0 Å². The molecule has 7 nitrogen and oxygen atoms in total. The van der Waals surface area contributed by atoms with Crippen LogP contribution in [0, 0.1) is 5.92 Å². The highest BCUT2D eigenvalue weighted by molar-refractivity contribution is 7.96. The summed E-state index contributed by atoms with van der Waals surface area (Å²) in [6.45, 7) is 5.22. The summed E-state index contributed by atoms with van der Waals surface area (Å²) in [5.41, 5.74) is 0. The highest BCUT2D eigenvalue weighted by Crippen LogP contribution is 2.37. The first-order chi connectivity index (χ1) is 15.7. The summed E-state index contributed by atoms with van der Waals surface area (Å²) in [7, 11) is -8.27. The van der Waals surface area contributed by atoms with E-state index in [1.165, 1.54) is 30.3 Å². The maximum Gasteiger partial charge on any atom is 0.407 e. The van der Waals surface area contributed by atoms with Crippen molar-refractivity contribution in [3.63, 3.8) is 0 Å². The van der Waals surface area contributed by atoms with Crippen LogP contribution in [-0.2, 0) is 24.4 Å². The molecule has 9 heteroatoms. The van der Waals surface area contributed by atoms with Gasteiger partial charge >= 0.3 is 6.09 Å². The number of hydrogen-bond donors (Lipinski definition) is 1. The molecule has 0 spiro atoms. The van der Waals surface area contributed by atoms with Crippen LogP contribution in [0.25, 0.3) is 0 Å². The van der Waals surface area contributed by atoms with Gasteiger partial charge in [-0.1, -0.05) is 68.1 Å². The molecule has 0 unspecified atom stereocenters. The van der Waals surface area contributed by atoms with Crippen LogP contribution in [0.5, 0.6) is 0 Å². The molecule has 1 aliphatic rings. The summed E-state index contributed by atoms with van der Waals surface area (Å²) in [6.07, 6.45) is 4.14. The van der Waals surface area contributed by atoms with Crippen molar-refractivity contribution in [2.24, 2.45) is 5.92 Å². The van der Waals surface area contributed by atoms with E-state index in [1.807, 2.05) is 0 Å². The summed E-state index contributed by atoms with van der Waals surface area (Å²) in [5, 5.41) is -0.238. The average molecular weight is 490 g/mol. The number of ether oxygens (including phenoxy) is 1. The van der Waals surface area contributed by atoms with Crippen molar-refractivity contribution < 1.29 is 26.4 Å². The molecule has 2 aromatic carbocycles. The largest absolute Gasteiger partial charge is 0.445 e. The smallest absolute Gasteiger partial charge is 0.407 e. The van der Waals surface area contributed by atoms with Gasteiger partial charge in [0.25, 0.3) is 0 Å². The number of alkyl carbamates (subject to hydrolysis) is 1. The lowest BCUT2D eigenvalue weighted by atomic mass is 9.90. The Morgan fingerprint density at radius 2 is 1.42 bits per heavy atom. The number of sulfone groups is 2. The van der Waals surface area contributed by atoms with E-state index in [9.17, 15) is 21.6 Å². The fourth-order valence-corrected chi connectivity index (χ4v) is 9.00. The molecule has 1 N–H and O–H groups in total. The molecular weight excluding hydrogens is 462 g/mol. The second-order valence-corrected chi connectivity index (χ2v) is 11.9. The number of amides is 1. The minimum absolute atomic E-state index is 0.0142. The maximum atomic E-state index is 13.8. The van der Waals surface area contributed by atoms with Gasteiger partial charge in [-0.25, -0.2) is 21.6 Å². The number of hydrogen-bond acceptors (Lipinski definition) is 6. The molecule has 0 aliphatic heterocycles. The lowest BCUT2D eigenvalue weighted by molar-refractivity contribution is 0.155. The first kappa shape index (κ1) is 24.7. The Labute approximate surface area is 195 Å². The Morgan fingerprint density at radius 3 is 1.91 bits per heavy atom. The normalized spacial score (nSPS) is 22.9. The van der Waals surface area contributed by atoms with Crippen LogP contribution in [0.3, 0.4) is 0 Å². The van der Waals surface area contributed by atoms with E-state index >= 15 is 0 Å². The van der Waals surface area contributed by atoms with Gasteiger partial charge in [0, 0.05) is 0 Å². The van der Waals surface area contributed by atoms with Crippen molar-refractivity contribution >= 4 is 25.8 Å². The van der Waals surface area contributed by atoms with Gasteiger partial charge in [-0.15, -0.1) is 0 Å². The Hall–Kier alpha value is -2.91. The first-order valence-electron chi connectivity index (χ1n) is 10.5.